The maximum atomic E-state index is 12.6. The van der Waals surface area contributed by atoms with E-state index in [0.29, 0.717) is 35.4 Å². The number of carbonyl (C=O) groups is 2. The van der Waals surface area contributed by atoms with Gasteiger partial charge in [-0.3, -0.25) is 5.32 Å². The molecule has 2 rings (SSSR count). The van der Waals surface area contributed by atoms with Crippen molar-refractivity contribution in [2.24, 2.45) is 0 Å². The highest BCUT2D eigenvalue weighted by atomic mass is 16.6. The van der Waals surface area contributed by atoms with Gasteiger partial charge in [0.1, 0.15) is 12.4 Å². The summed E-state index contributed by atoms with van der Waals surface area (Å²) in [6, 6.07) is 15.2. The molecule has 0 unspecified atom stereocenters. The van der Waals surface area contributed by atoms with Crippen molar-refractivity contribution in [3.63, 3.8) is 0 Å². The number of hydrogen-bond acceptors (Lipinski definition) is 7. The van der Waals surface area contributed by atoms with Gasteiger partial charge < -0.3 is 24.4 Å². The quantitative estimate of drug-likeness (QED) is 0.413. The Labute approximate surface area is 191 Å². The van der Waals surface area contributed by atoms with E-state index in [4.69, 9.17) is 29.7 Å². The van der Waals surface area contributed by atoms with Crippen LogP contribution in [0.5, 0.6) is 5.75 Å². The van der Waals surface area contributed by atoms with Crippen molar-refractivity contribution in [1.29, 1.82) is 5.26 Å². The van der Waals surface area contributed by atoms with Crippen LogP contribution in [0, 0.1) is 11.3 Å². The largest absolute Gasteiger partial charge is 0.491 e. The van der Waals surface area contributed by atoms with Gasteiger partial charge in [0, 0.05) is 18.9 Å². The van der Waals surface area contributed by atoms with Crippen LogP contribution in [0.15, 0.2) is 60.7 Å². The number of aliphatic hydroxyl groups excluding tert-OH is 1. The lowest BCUT2D eigenvalue weighted by molar-refractivity contribution is -0.131. The van der Waals surface area contributed by atoms with E-state index in [9.17, 15) is 9.59 Å². The van der Waals surface area contributed by atoms with Crippen LogP contribution in [0.25, 0.3) is 0 Å². The molecule has 0 bridgehead atoms. The fourth-order valence-corrected chi connectivity index (χ4v) is 3.03. The lowest BCUT2D eigenvalue weighted by atomic mass is 10.00. The molecule has 0 aliphatic heterocycles. The van der Waals surface area contributed by atoms with Gasteiger partial charge in [-0.15, -0.1) is 0 Å². The van der Waals surface area contributed by atoms with Crippen LogP contribution in [0.2, 0.25) is 0 Å². The first-order valence-corrected chi connectivity index (χ1v) is 10.2. The zero-order chi connectivity index (χ0) is 24.1. The van der Waals surface area contributed by atoms with Crippen LogP contribution >= 0.6 is 0 Å². The van der Waals surface area contributed by atoms with E-state index >= 15 is 0 Å². The third-order valence-corrected chi connectivity index (χ3v) is 4.56. The summed E-state index contributed by atoms with van der Waals surface area (Å²) in [5, 5.41) is 29.3. The molecule has 0 radical (unpaired) electrons. The molecule has 174 valence electrons. The molecule has 0 fully saturated rings. The van der Waals surface area contributed by atoms with E-state index in [-0.39, 0.29) is 13.2 Å². The first-order valence-electron chi connectivity index (χ1n) is 10.2. The molecule has 0 aliphatic rings. The van der Waals surface area contributed by atoms with Gasteiger partial charge in [-0.05, 0) is 54.8 Å². The number of hydrogen-bond donors (Lipinski definition) is 3. The molecule has 0 saturated heterocycles. The van der Waals surface area contributed by atoms with Crippen molar-refractivity contribution in [3.05, 3.63) is 71.8 Å². The van der Waals surface area contributed by atoms with Crippen LogP contribution in [0.3, 0.4) is 0 Å². The molecule has 3 N–H and O–H groups in total. The number of ether oxygens (including phenoxy) is 3. The first-order chi connectivity index (χ1) is 16.0. The number of aliphatic hydroxyl groups is 1. The number of amides is 1. The van der Waals surface area contributed by atoms with Gasteiger partial charge >= 0.3 is 12.1 Å². The first kappa shape index (κ1) is 25.4. The number of carboxylic acids is 1. The van der Waals surface area contributed by atoms with Gasteiger partial charge in [-0.25, -0.2) is 9.59 Å². The number of nitrogens with zero attached hydrogens (tertiary/aromatic N) is 1. The third kappa shape index (κ3) is 8.65. The van der Waals surface area contributed by atoms with Gasteiger partial charge in [-0.2, -0.15) is 5.26 Å². The van der Waals surface area contributed by atoms with E-state index in [0.717, 1.165) is 6.08 Å². The molecule has 0 aromatic heterocycles. The molecule has 1 amide bonds. The normalized spacial score (nSPS) is 12.5. The number of benzene rings is 2. The molecular weight excluding hydrogens is 428 g/mol. The number of rotatable bonds is 12. The Bertz CT molecular complexity index is 983. The van der Waals surface area contributed by atoms with Crippen molar-refractivity contribution in [2.45, 2.75) is 25.0 Å². The minimum atomic E-state index is -1.05. The molecule has 0 aliphatic carbocycles. The minimum Gasteiger partial charge on any atom is -0.491 e. The van der Waals surface area contributed by atoms with Crippen LogP contribution in [0.4, 0.5) is 10.5 Å². The lowest BCUT2D eigenvalue weighted by Gasteiger charge is -2.26. The van der Waals surface area contributed by atoms with Gasteiger partial charge in [-0.1, -0.05) is 18.2 Å². The lowest BCUT2D eigenvalue weighted by Crippen LogP contribution is -2.28. The fraction of sp³-hybridized carbons (Fsp3) is 0.292. The standard InChI is InChI=1S/C24H26N2O7/c1-31-21(7-2-3-8-22(28)29)23(18-5-4-6-20(15-18)32-14-13-27)33-24(30)26-19-11-9-17(16-25)10-12-19/h3-6,8-12,15,21,23,27H,2,7,13-14H2,1H3,(H,26,30)(H,28,29)/b8-3+/t21-,23-/m0/s1. The molecule has 33 heavy (non-hydrogen) atoms. The van der Waals surface area contributed by atoms with Crippen LogP contribution in [0.1, 0.15) is 30.1 Å². The third-order valence-electron chi connectivity index (χ3n) is 4.56. The SMILES string of the molecule is CO[C@@H](CC/C=C/C(=O)O)[C@@H](OC(=O)Nc1ccc(C#N)cc1)c1cccc(OCCO)c1. The zero-order valence-electron chi connectivity index (χ0n) is 18.1. The molecule has 9 heteroatoms. The number of anilines is 1. The Morgan fingerprint density at radius 1 is 1.21 bits per heavy atom. The average Bonchev–Trinajstić information content (AvgIpc) is 2.82. The fourth-order valence-electron chi connectivity index (χ4n) is 3.03. The van der Waals surface area contributed by atoms with Gasteiger partial charge in [0.25, 0.3) is 0 Å². The van der Waals surface area contributed by atoms with E-state index in [2.05, 4.69) is 5.32 Å². The van der Waals surface area contributed by atoms with Crippen molar-refractivity contribution < 1.29 is 34.0 Å². The number of methoxy groups -OCH3 is 1. The van der Waals surface area contributed by atoms with Gasteiger partial charge in [0.2, 0.25) is 0 Å². The van der Waals surface area contributed by atoms with Gasteiger partial charge in [0.15, 0.2) is 6.10 Å². The summed E-state index contributed by atoms with van der Waals surface area (Å²) in [4.78, 5) is 23.3. The average molecular weight is 454 g/mol. The summed E-state index contributed by atoms with van der Waals surface area (Å²) in [5.74, 6) is -0.560. The van der Waals surface area contributed by atoms with E-state index in [1.165, 1.54) is 13.2 Å². The number of carboxylic acid groups (broad SMARTS) is 1. The van der Waals surface area contributed by atoms with Gasteiger partial charge in [0.05, 0.1) is 24.3 Å². The van der Waals surface area contributed by atoms with E-state index in [1.54, 1.807) is 48.5 Å². The Kier molecular flexibility index (Phi) is 10.4. The highest BCUT2D eigenvalue weighted by molar-refractivity contribution is 5.84. The number of carbonyl (C=O) groups excluding carboxylic acids is 1. The highest BCUT2D eigenvalue weighted by Gasteiger charge is 2.27. The maximum Gasteiger partial charge on any atom is 0.412 e. The van der Waals surface area contributed by atoms with Crippen LogP contribution in [-0.2, 0) is 14.3 Å². The predicted molar refractivity (Wildman–Crippen MR) is 120 cm³/mol. The van der Waals surface area contributed by atoms with Crippen molar-refractivity contribution in [3.8, 4) is 11.8 Å². The van der Waals surface area contributed by atoms with Crippen LogP contribution < -0.4 is 10.1 Å². The zero-order valence-corrected chi connectivity index (χ0v) is 18.1. The Balaban J connectivity index is 2.21. The number of allylic oxidation sites excluding steroid dienone is 1. The van der Waals surface area contributed by atoms with Crippen LogP contribution in [-0.4, -0.2) is 48.7 Å². The summed E-state index contributed by atoms with van der Waals surface area (Å²) >= 11 is 0. The minimum absolute atomic E-state index is 0.113. The van der Waals surface area contributed by atoms with Crippen molar-refractivity contribution in [2.75, 3.05) is 25.6 Å². The highest BCUT2D eigenvalue weighted by Crippen LogP contribution is 2.29. The molecule has 9 nitrogen and oxygen atoms in total. The van der Waals surface area contributed by atoms with Crippen molar-refractivity contribution >= 4 is 17.7 Å². The Hall–Kier alpha value is -3.87. The number of nitriles is 1. The Morgan fingerprint density at radius 3 is 2.61 bits per heavy atom. The number of nitrogens with one attached hydrogen (secondary N) is 1. The second-order valence-electron chi connectivity index (χ2n) is 6.88. The summed E-state index contributed by atoms with van der Waals surface area (Å²) in [7, 11) is 1.48. The molecule has 2 atom stereocenters. The topological polar surface area (TPSA) is 138 Å². The Morgan fingerprint density at radius 2 is 1.97 bits per heavy atom. The summed E-state index contributed by atoms with van der Waals surface area (Å²) < 4.78 is 16.7. The van der Waals surface area contributed by atoms with E-state index < -0.39 is 24.3 Å². The molecular formula is C24H26N2O7. The summed E-state index contributed by atoms with van der Waals surface area (Å²) in [6.07, 6.45) is 1.19. The van der Waals surface area contributed by atoms with Crippen molar-refractivity contribution in [1.82, 2.24) is 0 Å². The predicted octanol–water partition coefficient (Wildman–Crippen LogP) is 3.66. The second kappa shape index (κ2) is 13.5. The van der Waals surface area contributed by atoms with E-state index in [1.807, 2.05) is 6.07 Å². The molecule has 2 aromatic rings. The molecule has 0 spiro atoms. The molecule has 0 saturated carbocycles. The second-order valence-corrected chi connectivity index (χ2v) is 6.88. The maximum absolute atomic E-state index is 12.6. The smallest absolute Gasteiger partial charge is 0.412 e. The molecule has 0 heterocycles. The number of aliphatic carboxylic acids is 1. The summed E-state index contributed by atoms with van der Waals surface area (Å²) in [5.41, 5.74) is 1.52. The molecule has 2 aromatic carbocycles. The monoisotopic (exact) mass is 454 g/mol. The summed E-state index contributed by atoms with van der Waals surface area (Å²) in [6.45, 7) is -0.0321.